The fraction of sp³-hybridized carbons (Fsp3) is 0.547. The summed E-state index contributed by atoms with van der Waals surface area (Å²) in [6.07, 6.45) is 108. The predicted octanol–water partition coefficient (Wildman–Crippen LogP) is 22.4. The molecular weight excluding hydrogens is 981 g/mol. The van der Waals surface area contributed by atoms with E-state index in [2.05, 4.69) is 208 Å². The number of rotatable bonds is 56. The Morgan fingerprint density at radius 3 is 0.750 bits per heavy atom. The number of allylic oxidation sites excluding steroid dienone is 32. The highest BCUT2D eigenvalue weighted by Gasteiger charge is 2.16. The number of aliphatic hydroxyl groups excluding tert-OH is 1. The Balaban J connectivity index is 3.63. The minimum atomic E-state index is -0.797. The molecule has 0 radical (unpaired) electrons. The van der Waals surface area contributed by atoms with Gasteiger partial charge in [0.25, 0.3) is 0 Å². The first-order valence-corrected chi connectivity index (χ1v) is 32.0. The van der Waals surface area contributed by atoms with Crippen molar-refractivity contribution < 1.29 is 24.2 Å². The maximum Gasteiger partial charge on any atom is 0.306 e. The van der Waals surface area contributed by atoms with Gasteiger partial charge in [-0.15, -0.1) is 0 Å². The van der Waals surface area contributed by atoms with Crippen LogP contribution >= 0.6 is 0 Å². The maximum atomic E-state index is 12.3. The molecule has 5 heteroatoms. The van der Waals surface area contributed by atoms with Crippen LogP contribution in [0, 0.1) is 0 Å². The molecule has 0 saturated carbocycles. The second-order valence-electron chi connectivity index (χ2n) is 20.4. The van der Waals surface area contributed by atoms with Crippen LogP contribution in [-0.4, -0.2) is 36.4 Å². The summed E-state index contributed by atoms with van der Waals surface area (Å²) < 4.78 is 10.7. The molecule has 1 atom stereocenters. The van der Waals surface area contributed by atoms with E-state index in [9.17, 15) is 14.7 Å². The van der Waals surface area contributed by atoms with Crippen molar-refractivity contribution in [2.45, 2.75) is 251 Å². The van der Waals surface area contributed by atoms with Crippen LogP contribution in [0.5, 0.6) is 0 Å². The number of aliphatic hydroxyl groups is 1. The van der Waals surface area contributed by atoms with Gasteiger partial charge in [0.15, 0.2) is 6.10 Å². The third kappa shape index (κ3) is 65.3. The molecule has 0 aliphatic carbocycles. The third-order valence-electron chi connectivity index (χ3n) is 12.9. The molecule has 0 spiro atoms. The number of hydrogen-bond acceptors (Lipinski definition) is 5. The lowest BCUT2D eigenvalue weighted by molar-refractivity contribution is -0.161. The van der Waals surface area contributed by atoms with Crippen LogP contribution in [-0.2, 0) is 19.1 Å². The van der Waals surface area contributed by atoms with Crippen LogP contribution in [0.1, 0.15) is 245 Å². The predicted molar refractivity (Wildman–Crippen MR) is 352 cm³/mol. The fourth-order valence-corrected chi connectivity index (χ4v) is 8.17. The van der Waals surface area contributed by atoms with Gasteiger partial charge in [-0.2, -0.15) is 0 Å². The summed E-state index contributed by atoms with van der Waals surface area (Å²) in [4.78, 5) is 24.6. The Hall–Kier alpha value is -5.26. The molecule has 1 N–H and O–H groups in total. The summed E-state index contributed by atoms with van der Waals surface area (Å²) in [6, 6.07) is 0. The molecule has 5 nitrogen and oxygen atoms in total. The summed E-state index contributed by atoms with van der Waals surface area (Å²) in [5, 5.41) is 9.68. The van der Waals surface area contributed by atoms with E-state index in [-0.39, 0.29) is 25.2 Å². The molecule has 0 aromatic carbocycles. The van der Waals surface area contributed by atoms with Gasteiger partial charge >= 0.3 is 11.9 Å². The highest BCUT2D eigenvalue weighted by Crippen LogP contribution is 2.14. The largest absolute Gasteiger partial charge is 0.462 e. The van der Waals surface area contributed by atoms with Crippen LogP contribution in [0.25, 0.3) is 0 Å². The van der Waals surface area contributed by atoms with Crippen molar-refractivity contribution in [1.29, 1.82) is 0 Å². The lowest BCUT2D eigenvalue weighted by Crippen LogP contribution is -2.28. The second kappa shape index (κ2) is 68.0. The van der Waals surface area contributed by atoms with Crippen LogP contribution in [0.4, 0.5) is 0 Å². The molecule has 0 fully saturated rings. The van der Waals surface area contributed by atoms with Gasteiger partial charge in [-0.3, -0.25) is 9.59 Å². The zero-order valence-corrected chi connectivity index (χ0v) is 51.0. The van der Waals surface area contributed by atoms with Crippen molar-refractivity contribution in [2.24, 2.45) is 0 Å². The Morgan fingerprint density at radius 1 is 0.287 bits per heavy atom. The van der Waals surface area contributed by atoms with E-state index in [1.54, 1.807) is 0 Å². The maximum absolute atomic E-state index is 12.3. The molecule has 80 heavy (non-hydrogen) atoms. The van der Waals surface area contributed by atoms with Gasteiger partial charge in [-0.1, -0.05) is 285 Å². The van der Waals surface area contributed by atoms with Crippen molar-refractivity contribution in [3.63, 3.8) is 0 Å². The van der Waals surface area contributed by atoms with E-state index in [1.165, 1.54) is 64.2 Å². The summed E-state index contributed by atoms with van der Waals surface area (Å²) in [6.45, 7) is 3.89. The number of carbonyl (C=O) groups excluding carboxylic acids is 2. The molecule has 446 valence electrons. The van der Waals surface area contributed by atoms with E-state index in [1.807, 2.05) is 0 Å². The average Bonchev–Trinajstić information content (AvgIpc) is 3.46. The topological polar surface area (TPSA) is 72.8 Å². The van der Waals surface area contributed by atoms with Gasteiger partial charge in [0.1, 0.15) is 6.61 Å². The smallest absolute Gasteiger partial charge is 0.306 e. The number of carbonyl (C=O) groups is 2. The summed E-state index contributed by atoms with van der Waals surface area (Å²) in [5.74, 6) is -0.622. The zero-order valence-electron chi connectivity index (χ0n) is 51.0. The average molecular weight is 1100 g/mol. The van der Waals surface area contributed by atoms with Gasteiger partial charge in [-0.25, -0.2) is 0 Å². The third-order valence-corrected chi connectivity index (χ3v) is 12.9. The quantitative estimate of drug-likeness (QED) is 0.0373. The normalized spacial score (nSPS) is 13.6. The van der Waals surface area contributed by atoms with E-state index < -0.39 is 6.10 Å². The summed E-state index contributed by atoms with van der Waals surface area (Å²) in [5.41, 5.74) is 0. The van der Waals surface area contributed by atoms with Crippen molar-refractivity contribution >= 4 is 11.9 Å². The molecule has 0 aliphatic rings. The first-order chi connectivity index (χ1) is 39.6. The summed E-state index contributed by atoms with van der Waals surface area (Å²) >= 11 is 0. The zero-order chi connectivity index (χ0) is 57.6. The van der Waals surface area contributed by atoms with Gasteiger partial charge in [0.2, 0.25) is 0 Å². The SMILES string of the molecule is CC/C=C\C/C=C\C/C=C\C/C=C\C/C=C\C/C=C\C/C=C\C/C=C\C/C=C\C/C=C\CCCCCCCCCCC(=O)OC(CO)COC(=O)CCCCCCCCCC/C=C\C/C=C\C/C=C\C/C=C\C/C=C\C/C=C\CC. The van der Waals surface area contributed by atoms with E-state index in [4.69, 9.17) is 9.47 Å². The van der Waals surface area contributed by atoms with Gasteiger partial charge < -0.3 is 14.6 Å². The first kappa shape index (κ1) is 74.7. The van der Waals surface area contributed by atoms with Gasteiger partial charge in [-0.05, 0) is 141 Å². The van der Waals surface area contributed by atoms with Gasteiger partial charge in [0, 0.05) is 12.8 Å². The standard InChI is InChI=1S/C75H116O5/c1-3-5-7-9-11-13-15-17-19-21-23-25-27-29-31-32-33-34-35-36-37-38-39-40-41-42-44-46-48-50-52-54-56-58-60-62-64-66-68-70-75(78)80-73(71-76)72-79-74(77)69-67-65-63-61-59-57-55-53-51-49-47-45-43-30-28-26-24-22-20-18-16-14-12-10-8-6-4-2/h5-8,11-14,17-20,23-26,29-31,33-34,36-37,39-40,42-44,47-50,73,76H,3-4,9-10,15-16,21-22,27-28,32,35,38,41,45-46,51-72H2,1-2H3/b7-5-,8-6-,13-11-,14-12-,19-17-,20-18-,25-23-,26-24-,31-29-,34-33-,37-36-,40-39-,43-30-,44-42-,49-47-,50-48-. The molecule has 0 heterocycles. The van der Waals surface area contributed by atoms with Crippen molar-refractivity contribution in [3.05, 3.63) is 194 Å². The fourth-order valence-electron chi connectivity index (χ4n) is 8.17. The molecule has 0 bridgehead atoms. The Bertz CT molecular complexity index is 1870. The van der Waals surface area contributed by atoms with E-state index in [0.29, 0.717) is 12.8 Å². The number of ether oxygens (including phenoxy) is 2. The van der Waals surface area contributed by atoms with Gasteiger partial charge in [0.05, 0.1) is 6.61 Å². The molecular formula is C75H116O5. The van der Waals surface area contributed by atoms with Crippen LogP contribution in [0.2, 0.25) is 0 Å². The van der Waals surface area contributed by atoms with E-state index >= 15 is 0 Å². The van der Waals surface area contributed by atoms with Crippen LogP contribution < -0.4 is 0 Å². The lowest BCUT2D eigenvalue weighted by Gasteiger charge is -2.15. The molecule has 0 aromatic rings. The minimum Gasteiger partial charge on any atom is -0.462 e. The number of hydrogen-bond donors (Lipinski definition) is 1. The molecule has 0 aromatic heterocycles. The number of unbranched alkanes of at least 4 members (excludes halogenated alkanes) is 16. The van der Waals surface area contributed by atoms with Crippen molar-refractivity contribution in [3.8, 4) is 0 Å². The van der Waals surface area contributed by atoms with E-state index in [0.717, 1.165) is 154 Å². The van der Waals surface area contributed by atoms with Crippen LogP contribution in [0.3, 0.4) is 0 Å². The molecule has 0 aliphatic heterocycles. The molecule has 1 unspecified atom stereocenters. The minimum absolute atomic E-state index is 0.0862. The van der Waals surface area contributed by atoms with Crippen molar-refractivity contribution in [1.82, 2.24) is 0 Å². The lowest BCUT2D eigenvalue weighted by atomic mass is 10.1. The van der Waals surface area contributed by atoms with Crippen LogP contribution in [0.15, 0.2) is 194 Å². The monoisotopic (exact) mass is 1100 g/mol. The molecule has 0 amide bonds. The highest BCUT2D eigenvalue weighted by atomic mass is 16.6. The Kier molecular flexibility index (Phi) is 63.5. The summed E-state index contributed by atoms with van der Waals surface area (Å²) in [7, 11) is 0. The van der Waals surface area contributed by atoms with Crippen molar-refractivity contribution in [2.75, 3.05) is 13.2 Å². The first-order valence-electron chi connectivity index (χ1n) is 32.0. The molecule has 0 saturated heterocycles. The number of esters is 2. The Morgan fingerprint density at radius 2 is 0.500 bits per heavy atom. The molecule has 0 rings (SSSR count). The second-order valence-corrected chi connectivity index (χ2v) is 20.4. The Labute approximate surface area is 492 Å². The highest BCUT2D eigenvalue weighted by molar-refractivity contribution is 5.70.